The van der Waals surface area contributed by atoms with Crippen LogP contribution in [0.25, 0.3) is 16.5 Å². The molecule has 2 aliphatic heterocycles. The summed E-state index contributed by atoms with van der Waals surface area (Å²) in [6, 6.07) is 12.4. The van der Waals surface area contributed by atoms with E-state index in [1.54, 1.807) is 30.5 Å². The maximum absolute atomic E-state index is 15.0. The molecule has 5 rings (SSSR count). The Morgan fingerprint density at radius 1 is 1.18 bits per heavy atom. The molecule has 2 N–H and O–H groups in total. The highest BCUT2D eigenvalue weighted by atomic mass is 19.1. The van der Waals surface area contributed by atoms with Gasteiger partial charge in [-0.2, -0.15) is 0 Å². The minimum absolute atomic E-state index is 0.0871. The second kappa shape index (κ2) is 10.1. The standard InChI is InChI=1S/C26H30FN3O4/c27-24-15-20(3-6-25(24)29-10-8-19(16-29)28-9-12-31)30-11-7-18-14-21(4-5-23(18)26(30)32)34-17-22-2-1-13-33-22/h3-7,11,14-15,19,22,28,31H,1-2,8-10,12-13,16-17H2/t19?,22-/m1/s1. The van der Waals surface area contributed by atoms with Crippen molar-refractivity contribution < 1.29 is 19.0 Å². The van der Waals surface area contributed by atoms with Gasteiger partial charge in [0.05, 0.1) is 24.1 Å². The molecule has 0 bridgehead atoms. The van der Waals surface area contributed by atoms with Gasteiger partial charge >= 0.3 is 0 Å². The maximum atomic E-state index is 15.0. The molecule has 2 fully saturated rings. The first-order valence-corrected chi connectivity index (χ1v) is 11.9. The number of ether oxygens (including phenoxy) is 2. The average molecular weight is 468 g/mol. The van der Waals surface area contributed by atoms with Gasteiger partial charge < -0.3 is 24.8 Å². The minimum Gasteiger partial charge on any atom is -0.491 e. The monoisotopic (exact) mass is 467 g/mol. The van der Waals surface area contributed by atoms with Crippen LogP contribution in [0.2, 0.25) is 0 Å². The van der Waals surface area contributed by atoms with Crippen molar-refractivity contribution in [1.29, 1.82) is 0 Å². The molecule has 8 heteroatoms. The van der Waals surface area contributed by atoms with Gasteiger partial charge in [0.2, 0.25) is 0 Å². The smallest absolute Gasteiger partial charge is 0.262 e. The van der Waals surface area contributed by atoms with Gasteiger partial charge in [-0.15, -0.1) is 0 Å². The zero-order valence-corrected chi connectivity index (χ0v) is 19.1. The van der Waals surface area contributed by atoms with Crippen molar-refractivity contribution in [2.75, 3.05) is 44.4 Å². The van der Waals surface area contributed by atoms with Gasteiger partial charge in [0.15, 0.2) is 0 Å². The number of aliphatic hydroxyl groups excluding tert-OH is 1. The molecule has 0 aliphatic carbocycles. The summed E-state index contributed by atoms with van der Waals surface area (Å²) in [5, 5.41) is 13.6. The molecule has 0 amide bonds. The highest BCUT2D eigenvalue weighted by Gasteiger charge is 2.24. The molecule has 0 spiro atoms. The summed E-state index contributed by atoms with van der Waals surface area (Å²) in [4.78, 5) is 15.1. The second-order valence-electron chi connectivity index (χ2n) is 8.93. The lowest BCUT2D eigenvalue weighted by atomic mass is 10.1. The zero-order chi connectivity index (χ0) is 23.5. The molecule has 2 atom stereocenters. The van der Waals surface area contributed by atoms with Gasteiger partial charge in [0.25, 0.3) is 5.56 Å². The molecular formula is C26H30FN3O4. The van der Waals surface area contributed by atoms with Crippen LogP contribution in [0.4, 0.5) is 10.1 Å². The Labute approximate surface area is 197 Å². The lowest BCUT2D eigenvalue weighted by Crippen LogP contribution is -2.34. The van der Waals surface area contributed by atoms with E-state index < -0.39 is 0 Å². The molecule has 0 radical (unpaired) electrons. The average Bonchev–Trinajstić information content (AvgIpc) is 3.54. The van der Waals surface area contributed by atoms with Crippen LogP contribution in [-0.2, 0) is 4.74 Å². The molecule has 3 aromatic rings. The lowest BCUT2D eigenvalue weighted by molar-refractivity contribution is 0.0680. The van der Waals surface area contributed by atoms with Crippen LogP contribution in [0, 0.1) is 5.82 Å². The molecule has 34 heavy (non-hydrogen) atoms. The molecule has 180 valence electrons. The van der Waals surface area contributed by atoms with Crippen LogP contribution < -0.4 is 20.5 Å². The van der Waals surface area contributed by atoms with Crippen molar-refractivity contribution in [3.8, 4) is 11.4 Å². The van der Waals surface area contributed by atoms with Gasteiger partial charge in [-0.05, 0) is 61.0 Å². The third kappa shape index (κ3) is 4.80. The fourth-order valence-corrected chi connectivity index (χ4v) is 4.80. The Balaban J connectivity index is 1.33. The number of hydrogen-bond acceptors (Lipinski definition) is 6. The molecule has 7 nitrogen and oxygen atoms in total. The molecular weight excluding hydrogens is 437 g/mol. The first-order chi connectivity index (χ1) is 16.6. The first-order valence-electron chi connectivity index (χ1n) is 11.9. The zero-order valence-electron chi connectivity index (χ0n) is 19.1. The maximum Gasteiger partial charge on any atom is 0.262 e. The second-order valence-corrected chi connectivity index (χ2v) is 8.93. The summed E-state index contributed by atoms with van der Waals surface area (Å²) < 4.78 is 28.0. The van der Waals surface area contributed by atoms with Crippen molar-refractivity contribution in [3.63, 3.8) is 0 Å². The number of aliphatic hydroxyl groups is 1. The van der Waals surface area contributed by atoms with E-state index in [0.29, 0.717) is 42.2 Å². The summed E-state index contributed by atoms with van der Waals surface area (Å²) in [7, 11) is 0. The van der Waals surface area contributed by atoms with Crippen LogP contribution >= 0.6 is 0 Å². The Morgan fingerprint density at radius 3 is 2.88 bits per heavy atom. The quantitative estimate of drug-likeness (QED) is 0.531. The highest BCUT2D eigenvalue weighted by Crippen LogP contribution is 2.26. The van der Waals surface area contributed by atoms with E-state index >= 15 is 4.39 Å². The van der Waals surface area contributed by atoms with Gasteiger partial charge in [0, 0.05) is 49.9 Å². The normalized spacial score (nSPS) is 20.4. The summed E-state index contributed by atoms with van der Waals surface area (Å²) in [5.74, 6) is 0.345. The minimum atomic E-state index is -0.356. The summed E-state index contributed by atoms with van der Waals surface area (Å²) in [5.41, 5.74) is 0.810. The van der Waals surface area contributed by atoms with Crippen molar-refractivity contribution in [2.45, 2.75) is 31.4 Å². The number of aromatic nitrogens is 1. The third-order valence-corrected chi connectivity index (χ3v) is 6.62. The molecule has 2 saturated heterocycles. The lowest BCUT2D eigenvalue weighted by Gasteiger charge is -2.20. The van der Waals surface area contributed by atoms with Crippen molar-refractivity contribution >= 4 is 16.5 Å². The Morgan fingerprint density at radius 2 is 2.09 bits per heavy atom. The van der Waals surface area contributed by atoms with E-state index in [1.165, 1.54) is 10.6 Å². The molecule has 2 aromatic carbocycles. The van der Waals surface area contributed by atoms with Crippen molar-refractivity contribution in [1.82, 2.24) is 9.88 Å². The number of nitrogens with one attached hydrogen (secondary N) is 1. The fraction of sp³-hybridized carbons (Fsp3) is 0.423. The van der Waals surface area contributed by atoms with Crippen LogP contribution in [0.1, 0.15) is 19.3 Å². The van der Waals surface area contributed by atoms with E-state index in [0.717, 1.165) is 37.8 Å². The predicted molar refractivity (Wildman–Crippen MR) is 130 cm³/mol. The summed E-state index contributed by atoms with van der Waals surface area (Å²) >= 11 is 0. The third-order valence-electron chi connectivity index (χ3n) is 6.62. The number of hydrogen-bond donors (Lipinski definition) is 2. The number of fused-ring (bicyclic) bond motifs is 1. The number of rotatable bonds is 8. The van der Waals surface area contributed by atoms with E-state index in [4.69, 9.17) is 14.6 Å². The van der Waals surface area contributed by atoms with Crippen molar-refractivity contribution in [2.24, 2.45) is 0 Å². The van der Waals surface area contributed by atoms with Crippen LogP contribution in [0.3, 0.4) is 0 Å². The van der Waals surface area contributed by atoms with Gasteiger partial charge in [0.1, 0.15) is 18.2 Å². The summed E-state index contributed by atoms with van der Waals surface area (Å²) in [6.07, 6.45) is 4.77. The number of anilines is 1. The predicted octanol–water partition coefficient (Wildman–Crippen LogP) is 2.85. The van der Waals surface area contributed by atoms with Crippen molar-refractivity contribution in [3.05, 3.63) is 64.8 Å². The molecule has 2 aliphatic rings. The van der Waals surface area contributed by atoms with Gasteiger partial charge in [-0.25, -0.2) is 4.39 Å². The van der Waals surface area contributed by atoms with E-state index in [-0.39, 0.29) is 30.1 Å². The topological polar surface area (TPSA) is 76.0 Å². The fourth-order valence-electron chi connectivity index (χ4n) is 4.80. The highest BCUT2D eigenvalue weighted by molar-refractivity contribution is 5.83. The van der Waals surface area contributed by atoms with E-state index in [1.807, 2.05) is 17.0 Å². The molecule has 1 aromatic heterocycles. The van der Waals surface area contributed by atoms with E-state index in [2.05, 4.69) is 5.32 Å². The van der Waals surface area contributed by atoms with Crippen LogP contribution in [0.15, 0.2) is 53.5 Å². The molecule has 0 saturated carbocycles. The largest absolute Gasteiger partial charge is 0.491 e. The van der Waals surface area contributed by atoms with Gasteiger partial charge in [-0.3, -0.25) is 9.36 Å². The number of halogens is 1. The van der Waals surface area contributed by atoms with Crippen LogP contribution in [0.5, 0.6) is 5.75 Å². The SMILES string of the molecule is O=c1c2ccc(OC[C@H]3CCCO3)cc2ccn1-c1ccc(N2CCC(NCCO)C2)c(F)c1. The Hall–Kier alpha value is -2.94. The Bertz CT molecular complexity index is 1210. The number of pyridine rings is 1. The molecule has 1 unspecified atom stereocenters. The molecule has 3 heterocycles. The van der Waals surface area contributed by atoms with Gasteiger partial charge in [-0.1, -0.05) is 0 Å². The van der Waals surface area contributed by atoms with E-state index in [9.17, 15) is 4.79 Å². The summed E-state index contributed by atoms with van der Waals surface area (Å²) in [6.45, 7) is 3.34. The first kappa shape index (κ1) is 22.8. The number of benzene rings is 2. The number of nitrogens with zero attached hydrogens (tertiary/aromatic N) is 2. The Kier molecular flexibility index (Phi) is 6.80. The van der Waals surface area contributed by atoms with Crippen LogP contribution in [-0.4, -0.2) is 61.3 Å².